The highest BCUT2D eigenvalue weighted by Crippen LogP contribution is 2.45. The van der Waals surface area contributed by atoms with E-state index in [2.05, 4.69) is 30.5 Å². The van der Waals surface area contributed by atoms with Gasteiger partial charge >= 0.3 is 18.4 Å². The summed E-state index contributed by atoms with van der Waals surface area (Å²) >= 11 is 0. The van der Waals surface area contributed by atoms with Crippen LogP contribution in [0.5, 0.6) is 0 Å². The zero-order valence-electron chi connectivity index (χ0n) is 28.5. The molecule has 1 saturated carbocycles. The van der Waals surface area contributed by atoms with Gasteiger partial charge < -0.3 is 10.4 Å². The Morgan fingerprint density at radius 1 is 1.12 bits per heavy atom. The molecule has 2 N–H and O–H groups in total. The molecule has 0 spiro atoms. The molecule has 1 aliphatic carbocycles. The predicted molar refractivity (Wildman–Crippen MR) is 165 cm³/mol. The minimum atomic E-state index is -4.81. The molecule has 1 aliphatic rings. The van der Waals surface area contributed by atoms with Gasteiger partial charge in [-0.1, -0.05) is 0 Å². The summed E-state index contributed by atoms with van der Waals surface area (Å²) < 4.78 is 98.0. The number of alkyl halides is 5. The molecule has 7 rings (SSSR count). The Kier molecular flexibility index (Phi) is 6.35. The first-order chi connectivity index (χ1) is 23.8. The molecule has 0 bridgehead atoms. The van der Waals surface area contributed by atoms with Crippen LogP contribution in [0.1, 0.15) is 54.6 Å². The molecule has 0 aliphatic heterocycles. The first kappa shape index (κ1) is 27.9. The van der Waals surface area contributed by atoms with Crippen molar-refractivity contribution in [2.75, 3.05) is 5.32 Å². The third-order valence-electron chi connectivity index (χ3n) is 8.76. The first-order valence-electron chi connectivity index (χ1n) is 16.2. The number of hydrogen-bond donors (Lipinski definition) is 2. The number of anilines is 2. The lowest BCUT2D eigenvalue weighted by molar-refractivity contribution is -0.137. The molecule has 0 aromatic carbocycles. The fourth-order valence-corrected chi connectivity index (χ4v) is 6.25. The number of aliphatic hydroxyl groups is 1. The van der Waals surface area contributed by atoms with E-state index < -0.39 is 42.6 Å². The smallest absolute Gasteiger partial charge is 0.390 e. The number of halogens is 5. The van der Waals surface area contributed by atoms with E-state index in [-0.39, 0.29) is 62.3 Å². The number of fused-ring (bicyclic) bond motifs is 2. The molecule has 0 amide bonds. The quantitative estimate of drug-likeness (QED) is 0.201. The van der Waals surface area contributed by atoms with E-state index in [1.165, 1.54) is 34.3 Å². The van der Waals surface area contributed by atoms with Crippen LogP contribution in [-0.4, -0.2) is 54.2 Å². The van der Waals surface area contributed by atoms with E-state index in [9.17, 15) is 31.9 Å². The lowest BCUT2D eigenvalue weighted by Gasteiger charge is -2.42. The van der Waals surface area contributed by atoms with Crippen LogP contribution in [0, 0.1) is 12.8 Å². The Labute approximate surface area is 272 Å². The van der Waals surface area contributed by atoms with E-state index in [1.54, 1.807) is 13.8 Å². The van der Waals surface area contributed by atoms with E-state index in [0.717, 1.165) is 30.9 Å². The van der Waals surface area contributed by atoms with Gasteiger partial charge in [0.15, 0.2) is 17.3 Å². The van der Waals surface area contributed by atoms with Crippen molar-refractivity contribution in [2.24, 2.45) is 12.9 Å². The first-order valence-corrected chi connectivity index (χ1v) is 14.7. The highest BCUT2D eigenvalue weighted by Gasteiger charge is 2.41. The van der Waals surface area contributed by atoms with Crippen molar-refractivity contribution in [3.8, 4) is 22.4 Å². The monoisotopic (exact) mass is 671 g/mol. The highest BCUT2D eigenvalue weighted by molar-refractivity contribution is 5.90. The maximum absolute atomic E-state index is 14.3. The molecule has 0 unspecified atom stereocenters. The summed E-state index contributed by atoms with van der Waals surface area (Å²) in [6.45, 7) is -1.10. The van der Waals surface area contributed by atoms with Gasteiger partial charge in [0.2, 0.25) is 0 Å². The van der Waals surface area contributed by atoms with Crippen molar-refractivity contribution in [3.63, 3.8) is 0 Å². The molecule has 0 atom stereocenters. The summed E-state index contributed by atoms with van der Waals surface area (Å²) in [6, 6.07) is 3.10. The van der Waals surface area contributed by atoms with Gasteiger partial charge in [0.1, 0.15) is 5.52 Å². The molecule has 48 heavy (non-hydrogen) atoms. The number of aromatic nitrogens is 9. The Hall–Kier alpha value is -5.19. The van der Waals surface area contributed by atoms with Crippen LogP contribution in [0.2, 0.25) is 0 Å². The fraction of sp³-hybridized carbons (Fsp3) is 0.355. The number of nitrogens with one attached hydrogen (secondary N) is 1. The van der Waals surface area contributed by atoms with Crippen molar-refractivity contribution >= 4 is 28.3 Å². The lowest BCUT2D eigenvalue weighted by Crippen LogP contribution is -2.43. The molecular formula is C31H29F5N10O2. The van der Waals surface area contributed by atoms with E-state index in [0.29, 0.717) is 22.1 Å². The number of nitrogens with zero attached hydrogens (tertiary/aromatic N) is 9. The topological polar surface area (TPSA) is 133 Å². The summed E-state index contributed by atoms with van der Waals surface area (Å²) in [5.74, 6) is -0.441. The van der Waals surface area contributed by atoms with E-state index in [4.69, 9.17) is 4.11 Å². The minimum Gasteiger partial charge on any atom is -0.390 e. The third kappa shape index (κ3) is 5.08. The van der Waals surface area contributed by atoms with Gasteiger partial charge in [-0.15, -0.1) is 5.10 Å². The molecule has 6 heterocycles. The second-order valence-corrected chi connectivity index (χ2v) is 12.2. The lowest BCUT2D eigenvalue weighted by atomic mass is 9.71. The van der Waals surface area contributed by atoms with Gasteiger partial charge in [-0.05, 0) is 57.7 Å². The SMILES string of the molecule is [2H]C([2H])([2H])n1c(=O)n(C2CC(C(C)(C)O)C2)c2ccnc(Nc3cc(-c4cnccc4C(F)(F)F)c4nc(C)c(-c5cnn(C(F)F)c5)n4n3)c21. The van der Waals surface area contributed by atoms with Crippen LogP contribution < -0.4 is 11.0 Å². The van der Waals surface area contributed by atoms with Gasteiger partial charge in [0.05, 0.1) is 34.3 Å². The van der Waals surface area contributed by atoms with Crippen LogP contribution >= 0.6 is 0 Å². The van der Waals surface area contributed by atoms with Gasteiger partial charge in [0.25, 0.3) is 0 Å². The summed E-state index contributed by atoms with van der Waals surface area (Å²) in [7, 11) is 0. The number of imidazole rings is 2. The summed E-state index contributed by atoms with van der Waals surface area (Å²) in [5.41, 5.74) is -2.82. The standard InChI is InChI=1S/C31H29F5N10O2/c1-15-24(16-12-39-44(14-16)28(32)33)46-27(40-15)19(20-13-37-7-5-21(20)31(34,35)36)11-23(42-46)41-26-25-22(6-8-38-26)45(29(47)43(25)4)18-9-17(10-18)30(2,3)48/h5-8,11-14,17-18,28,48H,9-10H2,1-4H3,(H,38,41,42)/i4D3. The molecule has 0 saturated heterocycles. The zero-order chi connectivity index (χ0) is 36.8. The van der Waals surface area contributed by atoms with Crippen molar-refractivity contribution in [3.05, 3.63) is 70.9 Å². The molecular weight excluding hydrogens is 639 g/mol. The molecule has 12 nitrogen and oxygen atoms in total. The molecule has 1 fully saturated rings. The van der Waals surface area contributed by atoms with Crippen molar-refractivity contribution < 1.29 is 31.2 Å². The molecule has 6 aromatic rings. The molecule has 250 valence electrons. The van der Waals surface area contributed by atoms with Crippen molar-refractivity contribution in [2.45, 2.75) is 58.0 Å². The van der Waals surface area contributed by atoms with Crippen LogP contribution in [0.15, 0.2) is 54.0 Å². The average molecular weight is 672 g/mol. The van der Waals surface area contributed by atoms with Crippen LogP contribution in [0.4, 0.5) is 33.6 Å². The van der Waals surface area contributed by atoms with Crippen LogP contribution in [0.25, 0.3) is 39.1 Å². The van der Waals surface area contributed by atoms with E-state index in [1.807, 2.05) is 0 Å². The number of hydrogen-bond acceptors (Lipinski definition) is 8. The van der Waals surface area contributed by atoms with Crippen molar-refractivity contribution in [1.29, 1.82) is 0 Å². The van der Waals surface area contributed by atoms with E-state index >= 15 is 0 Å². The average Bonchev–Trinajstić information content (AvgIpc) is 3.69. The van der Waals surface area contributed by atoms with Crippen molar-refractivity contribution in [1.82, 2.24) is 43.5 Å². The molecule has 6 aromatic heterocycles. The number of aryl methyl sites for hydroxylation is 2. The molecule has 0 radical (unpaired) electrons. The largest absolute Gasteiger partial charge is 0.417 e. The Morgan fingerprint density at radius 3 is 2.56 bits per heavy atom. The highest BCUT2D eigenvalue weighted by atomic mass is 19.4. The van der Waals surface area contributed by atoms with Gasteiger partial charge in [-0.3, -0.25) is 14.1 Å². The van der Waals surface area contributed by atoms with Gasteiger partial charge in [-0.25, -0.2) is 24.0 Å². The van der Waals surface area contributed by atoms with Crippen LogP contribution in [0.3, 0.4) is 0 Å². The van der Waals surface area contributed by atoms with Crippen LogP contribution in [-0.2, 0) is 13.2 Å². The maximum atomic E-state index is 14.3. The fourth-order valence-electron chi connectivity index (χ4n) is 6.25. The summed E-state index contributed by atoms with van der Waals surface area (Å²) in [6.07, 6.45) is 1.51. The van der Waals surface area contributed by atoms with Gasteiger partial charge in [0, 0.05) is 58.6 Å². The third-order valence-corrected chi connectivity index (χ3v) is 8.76. The minimum absolute atomic E-state index is 0.0700. The zero-order valence-corrected chi connectivity index (χ0v) is 25.5. The number of pyridine rings is 2. The predicted octanol–water partition coefficient (Wildman–Crippen LogP) is 5.89. The Balaban J connectivity index is 1.45. The Bertz CT molecular complexity index is 2370. The second-order valence-electron chi connectivity index (χ2n) is 12.2. The second kappa shape index (κ2) is 10.9. The number of rotatable bonds is 7. The summed E-state index contributed by atoms with van der Waals surface area (Å²) in [5, 5.41) is 21.6. The maximum Gasteiger partial charge on any atom is 0.417 e. The summed E-state index contributed by atoms with van der Waals surface area (Å²) in [4.78, 5) is 26.4. The Morgan fingerprint density at radius 2 is 1.90 bits per heavy atom. The normalized spacial score (nSPS) is 18.2. The van der Waals surface area contributed by atoms with Gasteiger partial charge in [-0.2, -0.15) is 27.1 Å². The molecule has 17 heteroatoms.